The van der Waals surface area contributed by atoms with Crippen molar-refractivity contribution in [3.8, 4) is 12.3 Å². The Labute approximate surface area is 187 Å². The van der Waals surface area contributed by atoms with Crippen LogP contribution in [0.15, 0.2) is 35.0 Å². The van der Waals surface area contributed by atoms with Gasteiger partial charge >= 0.3 is 18.4 Å². The van der Waals surface area contributed by atoms with E-state index in [1.165, 1.54) is 4.90 Å². The maximum atomic E-state index is 13.4. The number of benzene rings is 1. The fraction of sp³-hybridized carbons (Fsp3) is 0.455. The number of allylic oxidation sites excluding steroid dienone is 1. The fourth-order valence-corrected chi connectivity index (χ4v) is 3.85. The number of likely N-dealkylation sites (N-methyl/N-ethyl adjacent to an activating group) is 1. The number of urea groups is 1. The molecule has 2 fully saturated rings. The summed E-state index contributed by atoms with van der Waals surface area (Å²) in [6.07, 6.45) is -1.42. The van der Waals surface area contributed by atoms with Gasteiger partial charge in [0.2, 0.25) is 0 Å². The van der Waals surface area contributed by atoms with Crippen molar-refractivity contribution in [3.63, 3.8) is 0 Å². The first-order chi connectivity index (χ1) is 15.4. The minimum absolute atomic E-state index is 0.0529. The molecule has 0 bridgehead atoms. The van der Waals surface area contributed by atoms with Gasteiger partial charge in [-0.1, -0.05) is 18.1 Å². The highest BCUT2D eigenvalue weighted by atomic mass is 19.4. The number of alkyl halides is 6. The van der Waals surface area contributed by atoms with Crippen LogP contribution < -0.4 is 5.32 Å². The number of hydrogen-bond acceptors (Lipinski definition) is 3. The molecule has 0 spiro atoms. The zero-order valence-corrected chi connectivity index (χ0v) is 17.7. The first kappa shape index (κ1) is 24.6. The highest BCUT2D eigenvalue weighted by Gasteiger charge is 2.38. The number of carbonyl (C=O) groups excluding carboxylic acids is 1. The lowest BCUT2D eigenvalue weighted by molar-refractivity contribution is -0.143. The number of halogens is 6. The molecule has 0 saturated carbocycles. The predicted octanol–water partition coefficient (Wildman–Crippen LogP) is 4.51. The molecule has 5 nitrogen and oxygen atoms in total. The molecule has 0 unspecified atom stereocenters. The third-order valence-corrected chi connectivity index (χ3v) is 5.62. The number of nitrogens with one attached hydrogen (secondary N) is 1. The summed E-state index contributed by atoms with van der Waals surface area (Å²) in [5, 5.41) is 2.63. The van der Waals surface area contributed by atoms with E-state index in [9.17, 15) is 31.1 Å². The summed E-state index contributed by atoms with van der Waals surface area (Å²) < 4.78 is 78.8. The number of amides is 2. The van der Waals surface area contributed by atoms with E-state index in [1.807, 2.05) is 6.08 Å². The van der Waals surface area contributed by atoms with Gasteiger partial charge in [-0.25, -0.2) is 4.79 Å². The second-order valence-electron chi connectivity index (χ2n) is 7.89. The van der Waals surface area contributed by atoms with E-state index in [0.717, 1.165) is 6.07 Å². The molecule has 0 aliphatic carbocycles. The first-order valence-corrected chi connectivity index (χ1v) is 10.1. The van der Waals surface area contributed by atoms with Crippen LogP contribution >= 0.6 is 0 Å². The number of terminal acetylenes is 1. The van der Waals surface area contributed by atoms with Gasteiger partial charge in [0, 0.05) is 13.6 Å². The average Bonchev–Trinajstić information content (AvgIpc) is 3.00. The van der Waals surface area contributed by atoms with Gasteiger partial charge in [-0.05, 0) is 49.5 Å². The maximum Gasteiger partial charge on any atom is 0.416 e. The van der Waals surface area contributed by atoms with Crippen LogP contribution in [0.2, 0.25) is 0 Å². The number of likely N-dealkylation sites (tertiary alicyclic amines) is 1. The molecule has 1 aromatic carbocycles. The molecule has 2 heterocycles. The Kier molecular flexibility index (Phi) is 7.07. The van der Waals surface area contributed by atoms with Crippen molar-refractivity contribution in [2.24, 2.45) is 10.9 Å². The van der Waals surface area contributed by atoms with Gasteiger partial charge in [0.1, 0.15) is 6.54 Å². The van der Waals surface area contributed by atoms with Crippen molar-refractivity contribution in [2.45, 2.75) is 31.7 Å². The third kappa shape index (κ3) is 5.87. The highest BCUT2D eigenvalue weighted by Crippen LogP contribution is 2.38. The standard InChI is InChI=1S/C22H22F6N4O/c1-3-8-29-19-18(31(2)20(33)30-19)11-14-6-9-32(10-7-14)13-15-4-5-16(21(23,24)25)12-17(15)22(26,27)28/h1,4-5,11-12,14H,6-10,13H2,2H3,(H,29,30,33). The van der Waals surface area contributed by atoms with Crippen molar-refractivity contribution in [1.82, 2.24) is 15.1 Å². The quantitative estimate of drug-likeness (QED) is 0.518. The van der Waals surface area contributed by atoms with Gasteiger partial charge < -0.3 is 0 Å². The molecular weight excluding hydrogens is 450 g/mol. The summed E-state index contributed by atoms with van der Waals surface area (Å²) in [6, 6.07) is 1.41. The summed E-state index contributed by atoms with van der Waals surface area (Å²) in [6.45, 7) is 0.905. The molecule has 0 radical (unpaired) electrons. The SMILES string of the molecule is C#CCN=C1NC(=O)N(C)C1=CC1CCN(Cc2ccc(C(F)(F)F)cc2C(F)(F)F)CC1. The second kappa shape index (κ2) is 9.47. The zero-order valence-electron chi connectivity index (χ0n) is 17.7. The molecule has 2 aliphatic heterocycles. The molecule has 0 aromatic heterocycles. The van der Waals surface area contributed by atoms with E-state index in [2.05, 4.69) is 16.2 Å². The number of nitrogens with zero attached hydrogens (tertiary/aromatic N) is 3. The minimum Gasteiger partial charge on any atom is -0.299 e. The lowest BCUT2D eigenvalue weighted by Gasteiger charge is -2.32. The van der Waals surface area contributed by atoms with Crippen molar-refractivity contribution < 1.29 is 31.1 Å². The molecule has 1 aromatic rings. The van der Waals surface area contributed by atoms with E-state index in [-0.39, 0.29) is 36.7 Å². The third-order valence-electron chi connectivity index (χ3n) is 5.62. The Morgan fingerprint density at radius 2 is 1.85 bits per heavy atom. The lowest BCUT2D eigenvalue weighted by atomic mass is 9.94. The molecule has 2 aliphatic rings. The Morgan fingerprint density at radius 3 is 2.42 bits per heavy atom. The Morgan fingerprint density at radius 1 is 1.18 bits per heavy atom. The lowest BCUT2D eigenvalue weighted by Crippen LogP contribution is -2.34. The predicted molar refractivity (Wildman–Crippen MR) is 110 cm³/mol. The molecule has 2 amide bonds. The van der Waals surface area contributed by atoms with Crippen LogP contribution in [-0.2, 0) is 18.9 Å². The second-order valence-corrected chi connectivity index (χ2v) is 7.89. The molecule has 11 heteroatoms. The normalized spacial score (nSPS) is 21.0. The van der Waals surface area contributed by atoms with Crippen LogP contribution in [0.4, 0.5) is 31.1 Å². The number of piperidine rings is 1. The summed E-state index contributed by atoms with van der Waals surface area (Å²) in [5.74, 6) is 2.80. The fourth-order valence-electron chi connectivity index (χ4n) is 3.85. The smallest absolute Gasteiger partial charge is 0.299 e. The number of aliphatic imine (C=N–C) groups is 1. The average molecular weight is 472 g/mol. The minimum atomic E-state index is -4.89. The van der Waals surface area contributed by atoms with Gasteiger partial charge in [-0.15, -0.1) is 6.42 Å². The van der Waals surface area contributed by atoms with Gasteiger partial charge in [0.25, 0.3) is 0 Å². The van der Waals surface area contributed by atoms with E-state index in [0.29, 0.717) is 43.5 Å². The molecule has 33 heavy (non-hydrogen) atoms. The molecule has 1 N–H and O–H groups in total. The van der Waals surface area contributed by atoms with E-state index in [4.69, 9.17) is 6.42 Å². The van der Waals surface area contributed by atoms with Gasteiger partial charge in [0.15, 0.2) is 5.84 Å². The van der Waals surface area contributed by atoms with Crippen LogP contribution in [0.5, 0.6) is 0 Å². The number of carbonyl (C=O) groups is 1. The summed E-state index contributed by atoms with van der Waals surface area (Å²) in [5.41, 5.74) is -2.19. The molecule has 3 rings (SSSR count). The molecule has 178 valence electrons. The monoisotopic (exact) mass is 472 g/mol. The van der Waals surface area contributed by atoms with E-state index >= 15 is 0 Å². The van der Waals surface area contributed by atoms with Crippen LogP contribution in [0.25, 0.3) is 0 Å². The Hall–Kier alpha value is -3.00. The van der Waals surface area contributed by atoms with Gasteiger partial charge in [0.05, 0.1) is 16.8 Å². The van der Waals surface area contributed by atoms with Crippen LogP contribution in [0, 0.1) is 18.3 Å². The van der Waals surface area contributed by atoms with Crippen LogP contribution in [-0.4, -0.2) is 48.3 Å². The maximum absolute atomic E-state index is 13.4. The van der Waals surface area contributed by atoms with E-state index < -0.39 is 23.5 Å². The molecular formula is C22H22F6N4O. The van der Waals surface area contributed by atoms with Crippen LogP contribution in [0.1, 0.15) is 29.5 Å². The first-order valence-electron chi connectivity index (χ1n) is 10.1. The Bertz CT molecular complexity index is 998. The number of hydrogen-bond donors (Lipinski definition) is 1. The van der Waals surface area contributed by atoms with Crippen molar-refractivity contribution in [2.75, 3.05) is 26.7 Å². The number of rotatable bonds is 4. The molecule has 0 atom stereocenters. The van der Waals surface area contributed by atoms with Gasteiger partial charge in [-0.2, -0.15) is 26.3 Å². The summed E-state index contributed by atoms with van der Waals surface area (Å²) in [4.78, 5) is 19.3. The zero-order chi connectivity index (χ0) is 24.4. The van der Waals surface area contributed by atoms with Gasteiger partial charge in [-0.3, -0.25) is 20.1 Å². The van der Waals surface area contributed by atoms with E-state index in [1.54, 1.807) is 11.9 Å². The topological polar surface area (TPSA) is 47.9 Å². The van der Waals surface area contributed by atoms with Crippen molar-refractivity contribution in [1.29, 1.82) is 0 Å². The number of amidine groups is 1. The van der Waals surface area contributed by atoms with Crippen molar-refractivity contribution >= 4 is 11.9 Å². The van der Waals surface area contributed by atoms with Crippen molar-refractivity contribution in [3.05, 3.63) is 46.7 Å². The summed E-state index contributed by atoms with van der Waals surface area (Å²) >= 11 is 0. The Balaban J connectivity index is 1.70. The highest BCUT2D eigenvalue weighted by molar-refractivity contribution is 6.14. The largest absolute Gasteiger partial charge is 0.416 e. The molecule has 2 saturated heterocycles. The summed E-state index contributed by atoms with van der Waals surface area (Å²) in [7, 11) is 1.60. The van der Waals surface area contributed by atoms with Crippen LogP contribution in [0.3, 0.4) is 0 Å².